The Kier molecular flexibility index (Phi) is 7.14. The number of hydrogen-bond donors (Lipinski definition) is 1. The maximum atomic E-state index is 12.9. The number of benzene rings is 2. The van der Waals surface area contributed by atoms with Crippen LogP contribution >= 0.6 is 11.8 Å². The number of fused-ring (bicyclic) bond motifs is 1. The molecule has 2 aliphatic heterocycles. The molecule has 0 bridgehead atoms. The molecule has 6 nitrogen and oxygen atoms in total. The third-order valence-corrected chi connectivity index (χ3v) is 6.62. The van der Waals surface area contributed by atoms with E-state index in [1.54, 1.807) is 17.8 Å². The van der Waals surface area contributed by atoms with Crippen molar-refractivity contribution < 1.29 is 19.1 Å². The fourth-order valence-electron chi connectivity index (χ4n) is 4.07. The smallest absolute Gasteiger partial charge is 0.225 e. The maximum absolute atomic E-state index is 12.9. The Hall–Kier alpha value is -2.51. The molecule has 7 heteroatoms. The standard InChI is InChI=1S/C24H28N2O4S/c1-31-22-5-3-2-4-19(22)25-23(27)10-13-26-11-8-17(9-12-26)24(28)18-6-7-20-21(16-18)30-15-14-29-20/h2-7,16-17H,8-15H2,1H3,(H,25,27). The summed E-state index contributed by atoms with van der Waals surface area (Å²) in [5.74, 6) is 1.57. The van der Waals surface area contributed by atoms with Crippen molar-refractivity contribution in [2.75, 3.05) is 44.4 Å². The monoisotopic (exact) mass is 440 g/mol. The number of nitrogens with zero attached hydrogens (tertiary/aromatic N) is 1. The number of piperidine rings is 1. The van der Waals surface area contributed by atoms with Gasteiger partial charge in [-0.15, -0.1) is 11.8 Å². The highest BCUT2D eigenvalue weighted by Gasteiger charge is 2.27. The second-order valence-corrected chi connectivity index (χ2v) is 8.69. The molecule has 164 valence electrons. The molecule has 0 radical (unpaired) electrons. The molecule has 1 N–H and O–H groups in total. The molecule has 2 aliphatic rings. The highest BCUT2D eigenvalue weighted by Crippen LogP contribution is 2.32. The van der Waals surface area contributed by atoms with Gasteiger partial charge in [0.05, 0.1) is 5.69 Å². The zero-order chi connectivity index (χ0) is 21.6. The maximum Gasteiger partial charge on any atom is 0.225 e. The first kappa shape index (κ1) is 21.7. The lowest BCUT2D eigenvalue weighted by Gasteiger charge is -2.31. The molecular weight excluding hydrogens is 412 g/mol. The summed E-state index contributed by atoms with van der Waals surface area (Å²) in [5, 5.41) is 3.01. The molecule has 0 unspecified atom stereocenters. The molecule has 4 rings (SSSR count). The number of nitrogens with one attached hydrogen (secondary N) is 1. The summed E-state index contributed by atoms with van der Waals surface area (Å²) >= 11 is 1.62. The molecular formula is C24H28N2O4S. The van der Waals surface area contributed by atoms with E-state index in [1.165, 1.54) is 0 Å². The number of ether oxygens (including phenoxy) is 2. The van der Waals surface area contributed by atoms with Crippen LogP contribution in [-0.4, -0.2) is 55.7 Å². The van der Waals surface area contributed by atoms with Crippen molar-refractivity contribution in [1.29, 1.82) is 0 Å². The summed E-state index contributed by atoms with van der Waals surface area (Å²) in [7, 11) is 0. The second-order valence-electron chi connectivity index (χ2n) is 7.84. The topological polar surface area (TPSA) is 67.9 Å². The highest BCUT2D eigenvalue weighted by atomic mass is 32.2. The number of carbonyl (C=O) groups is 2. The molecule has 1 amide bonds. The number of Topliss-reactive ketones (excluding diaryl/α,β-unsaturated/α-hetero) is 1. The minimum absolute atomic E-state index is 0.0149. The number of carbonyl (C=O) groups excluding carboxylic acids is 2. The summed E-state index contributed by atoms with van der Waals surface area (Å²) in [4.78, 5) is 28.7. The van der Waals surface area contributed by atoms with Crippen LogP contribution in [-0.2, 0) is 4.79 Å². The fourth-order valence-corrected chi connectivity index (χ4v) is 4.62. The van der Waals surface area contributed by atoms with Crippen LogP contribution in [0.3, 0.4) is 0 Å². The van der Waals surface area contributed by atoms with Crippen LogP contribution in [0.5, 0.6) is 11.5 Å². The van der Waals surface area contributed by atoms with Crippen LogP contribution in [0.25, 0.3) is 0 Å². The Balaban J connectivity index is 1.24. The van der Waals surface area contributed by atoms with Crippen molar-refractivity contribution in [3.63, 3.8) is 0 Å². The fraction of sp³-hybridized carbons (Fsp3) is 0.417. The van der Waals surface area contributed by atoms with Crippen molar-refractivity contribution in [3.05, 3.63) is 48.0 Å². The van der Waals surface area contributed by atoms with E-state index < -0.39 is 0 Å². The number of likely N-dealkylation sites (tertiary alicyclic amines) is 1. The number of para-hydroxylation sites is 1. The van der Waals surface area contributed by atoms with Gasteiger partial charge in [-0.1, -0.05) is 12.1 Å². The van der Waals surface area contributed by atoms with E-state index in [0.717, 1.165) is 36.5 Å². The van der Waals surface area contributed by atoms with Crippen LogP contribution in [0.15, 0.2) is 47.4 Å². The first-order valence-electron chi connectivity index (χ1n) is 10.7. The van der Waals surface area contributed by atoms with Gasteiger partial charge in [0.1, 0.15) is 13.2 Å². The summed E-state index contributed by atoms with van der Waals surface area (Å²) in [6.07, 6.45) is 4.07. The van der Waals surface area contributed by atoms with Gasteiger partial charge in [0.25, 0.3) is 0 Å². The molecule has 0 spiro atoms. The lowest BCUT2D eigenvalue weighted by Crippen LogP contribution is -2.38. The van der Waals surface area contributed by atoms with E-state index in [0.29, 0.717) is 43.2 Å². The quantitative estimate of drug-likeness (QED) is 0.516. The van der Waals surface area contributed by atoms with Crippen molar-refractivity contribution in [2.24, 2.45) is 5.92 Å². The van der Waals surface area contributed by atoms with Crippen molar-refractivity contribution in [2.45, 2.75) is 24.2 Å². The van der Waals surface area contributed by atoms with Crippen molar-refractivity contribution in [3.8, 4) is 11.5 Å². The summed E-state index contributed by atoms with van der Waals surface area (Å²) in [6, 6.07) is 13.3. The Morgan fingerprint density at radius 1 is 1.06 bits per heavy atom. The van der Waals surface area contributed by atoms with E-state index in [9.17, 15) is 9.59 Å². The van der Waals surface area contributed by atoms with Gasteiger partial charge < -0.3 is 19.7 Å². The van der Waals surface area contributed by atoms with Crippen LogP contribution in [0.1, 0.15) is 29.6 Å². The lowest BCUT2D eigenvalue weighted by atomic mass is 9.88. The Bertz CT molecular complexity index is 941. The SMILES string of the molecule is CSc1ccccc1NC(=O)CCN1CCC(C(=O)c2ccc3c(c2)OCCO3)CC1. The Labute approximate surface area is 187 Å². The Morgan fingerprint density at radius 3 is 2.58 bits per heavy atom. The van der Waals surface area contributed by atoms with Crippen LogP contribution < -0.4 is 14.8 Å². The van der Waals surface area contributed by atoms with Gasteiger partial charge in [-0.3, -0.25) is 9.59 Å². The molecule has 0 atom stereocenters. The first-order chi connectivity index (χ1) is 15.1. The number of hydrogen-bond acceptors (Lipinski definition) is 6. The van der Waals surface area contributed by atoms with Crippen LogP contribution in [0, 0.1) is 5.92 Å². The zero-order valence-corrected chi connectivity index (χ0v) is 18.6. The van der Waals surface area contributed by atoms with Crippen LogP contribution in [0.2, 0.25) is 0 Å². The average molecular weight is 441 g/mol. The number of thioether (sulfide) groups is 1. The molecule has 0 aliphatic carbocycles. The molecule has 1 saturated heterocycles. The van der Waals surface area contributed by atoms with E-state index >= 15 is 0 Å². The number of anilines is 1. The zero-order valence-electron chi connectivity index (χ0n) is 17.8. The third-order valence-electron chi connectivity index (χ3n) is 5.82. The van der Waals surface area contributed by atoms with Gasteiger partial charge in [0.15, 0.2) is 17.3 Å². The largest absolute Gasteiger partial charge is 0.486 e. The second kappa shape index (κ2) is 10.2. The summed E-state index contributed by atoms with van der Waals surface area (Å²) in [6.45, 7) is 3.42. The third kappa shape index (κ3) is 5.40. The highest BCUT2D eigenvalue weighted by molar-refractivity contribution is 7.98. The molecule has 2 aromatic carbocycles. The molecule has 1 fully saturated rings. The van der Waals surface area contributed by atoms with Gasteiger partial charge in [-0.05, 0) is 62.5 Å². The predicted octanol–water partition coefficient (Wildman–Crippen LogP) is 4.10. The van der Waals surface area contributed by atoms with E-state index in [1.807, 2.05) is 42.7 Å². The van der Waals surface area contributed by atoms with E-state index in [2.05, 4.69) is 10.2 Å². The lowest BCUT2D eigenvalue weighted by molar-refractivity contribution is -0.116. The summed E-state index contributed by atoms with van der Waals surface area (Å²) in [5.41, 5.74) is 1.55. The van der Waals surface area contributed by atoms with Crippen LogP contribution in [0.4, 0.5) is 5.69 Å². The molecule has 2 aromatic rings. The number of ketones is 1. The molecule has 31 heavy (non-hydrogen) atoms. The van der Waals surface area contributed by atoms with Crippen molar-refractivity contribution in [1.82, 2.24) is 4.90 Å². The molecule has 0 aromatic heterocycles. The number of amides is 1. The normalized spacial score (nSPS) is 16.7. The molecule has 0 saturated carbocycles. The van der Waals surface area contributed by atoms with Gasteiger partial charge in [-0.25, -0.2) is 0 Å². The van der Waals surface area contributed by atoms with Gasteiger partial charge >= 0.3 is 0 Å². The number of rotatable bonds is 7. The summed E-state index contributed by atoms with van der Waals surface area (Å²) < 4.78 is 11.1. The van der Waals surface area contributed by atoms with Gasteiger partial charge in [-0.2, -0.15) is 0 Å². The van der Waals surface area contributed by atoms with E-state index in [4.69, 9.17) is 9.47 Å². The predicted molar refractivity (Wildman–Crippen MR) is 122 cm³/mol. The van der Waals surface area contributed by atoms with Crippen molar-refractivity contribution >= 4 is 29.1 Å². The van der Waals surface area contributed by atoms with Gasteiger partial charge in [0, 0.05) is 29.3 Å². The average Bonchev–Trinajstić information content (AvgIpc) is 2.82. The van der Waals surface area contributed by atoms with Gasteiger partial charge in [0.2, 0.25) is 5.91 Å². The molecule has 2 heterocycles. The first-order valence-corrected chi connectivity index (χ1v) is 12.0. The Morgan fingerprint density at radius 2 is 1.81 bits per heavy atom. The minimum Gasteiger partial charge on any atom is -0.486 e. The van der Waals surface area contributed by atoms with E-state index in [-0.39, 0.29) is 17.6 Å². The minimum atomic E-state index is 0.0149.